The van der Waals surface area contributed by atoms with E-state index >= 15 is 0 Å². The molecule has 0 N–H and O–H groups in total. The molecule has 3 aromatic rings. The number of methoxy groups -OCH3 is 2. The van der Waals surface area contributed by atoms with E-state index in [0.29, 0.717) is 11.3 Å². The Balaban J connectivity index is 1.58. The predicted molar refractivity (Wildman–Crippen MR) is 114 cm³/mol. The molecule has 0 saturated heterocycles. The highest BCUT2D eigenvalue weighted by Gasteiger charge is 2.42. The van der Waals surface area contributed by atoms with Gasteiger partial charge in [-0.2, -0.15) is 5.10 Å². The fourth-order valence-corrected chi connectivity index (χ4v) is 4.68. The van der Waals surface area contributed by atoms with Gasteiger partial charge in [-0.1, -0.05) is 30.3 Å². The Morgan fingerprint density at radius 1 is 1.13 bits per heavy atom. The summed E-state index contributed by atoms with van der Waals surface area (Å²) in [4.78, 5) is 13.0. The summed E-state index contributed by atoms with van der Waals surface area (Å²) in [6.45, 7) is 0. The first-order valence-corrected chi connectivity index (χ1v) is 10.5. The molecule has 0 saturated carbocycles. The van der Waals surface area contributed by atoms with Crippen molar-refractivity contribution < 1.29 is 19.0 Å². The number of thiophene rings is 1. The number of carbonyl (C=O) groups excluding carboxylic acids is 1. The zero-order chi connectivity index (χ0) is 20.7. The minimum atomic E-state index is -0.428. The van der Waals surface area contributed by atoms with Crippen LogP contribution in [0.15, 0.2) is 65.1 Å². The van der Waals surface area contributed by atoms with Crippen LogP contribution in [0.25, 0.3) is 0 Å². The molecule has 0 fully saturated rings. The first-order valence-electron chi connectivity index (χ1n) is 9.61. The van der Waals surface area contributed by atoms with E-state index in [1.54, 1.807) is 30.6 Å². The van der Waals surface area contributed by atoms with Gasteiger partial charge in [-0.3, -0.25) is 0 Å². The third-order valence-corrected chi connectivity index (χ3v) is 6.34. The molecule has 0 unspecified atom stereocenters. The second-order valence-corrected chi connectivity index (χ2v) is 8.03. The summed E-state index contributed by atoms with van der Waals surface area (Å²) in [5.41, 5.74) is 3.51. The number of carbonyl (C=O) groups is 1. The van der Waals surface area contributed by atoms with Gasteiger partial charge in [0.25, 0.3) is 0 Å². The number of esters is 1. The molecule has 0 bridgehead atoms. The van der Waals surface area contributed by atoms with Crippen LogP contribution in [0.2, 0.25) is 0 Å². The standard InChI is InChI=1S/C23H20N2O4S/c1-27-19-6-3-5-16-18-13-17(20-7-4-12-30-20)24-25(18)22(29-21(16)19)14-8-10-15(11-9-14)23(26)28-2/h3-12,18,22H,13H2,1-2H3/t18-,22+/m1/s1. The second kappa shape index (κ2) is 7.50. The zero-order valence-corrected chi connectivity index (χ0v) is 17.4. The molecule has 5 rings (SSSR count). The number of hydrogen-bond acceptors (Lipinski definition) is 7. The third-order valence-electron chi connectivity index (χ3n) is 5.42. The highest BCUT2D eigenvalue weighted by molar-refractivity contribution is 7.12. The summed E-state index contributed by atoms with van der Waals surface area (Å²) in [6.07, 6.45) is 0.365. The summed E-state index contributed by atoms with van der Waals surface area (Å²) in [6, 6.07) is 17.4. The maximum Gasteiger partial charge on any atom is 0.337 e. The maximum absolute atomic E-state index is 11.8. The lowest BCUT2D eigenvalue weighted by Gasteiger charge is -2.38. The molecule has 2 aliphatic heterocycles. The van der Waals surface area contributed by atoms with E-state index in [1.165, 1.54) is 7.11 Å². The summed E-state index contributed by atoms with van der Waals surface area (Å²) in [5.74, 6) is 1.08. The first kappa shape index (κ1) is 18.7. The van der Waals surface area contributed by atoms with Crippen molar-refractivity contribution in [1.29, 1.82) is 0 Å². The minimum Gasteiger partial charge on any atom is -0.493 e. The predicted octanol–water partition coefficient (Wildman–Crippen LogP) is 4.79. The summed E-state index contributed by atoms with van der Waals surface area (Å²) >= 11 is 1.68. The molecular formula is C23H20N2O4S. The molecule has 2 aromatic carbocycles. The SMILES string of the molecule is COC(=O)c1ccc([C@@H]2Oc3c(OC)cccc3[C@H]3CC(c4cccs4)=NN32)cc1. The van der Waals surface area contributed by atoms with Gasteiger partial charge in [0.05, 0.1) is 36.4 Å². The molecular weight excluding hydrogens is 400 g/mol. The lowest BCUT2D eigenvalue weighted by molar-refractivity contribution is -0.0209. The molecule has 2 aliphatic rings. The van der Waals surface area contributed by atoms with Gasteiger partial charge in [-0.25, -0.2) is 9.80 Å². The lowest BCUT2D eigenvalue weighted by Crippen LogP contribution is -2.33. The van der Waals surface area contributed by atoms with E-state index in [0.717, 1.165) is 33.9 Å². The fraction of sp³-hybridized carbons (Fsp3) is 0.217. The Kier molecular flexibility index (Phi) is 4.67. The fourth-order valence-electron chi connectivity index (χ4n) is 3.96. The third kappa shape index (κ3) is 3.02. The van der Waals surface area contributed by atoms with E-state index < -0.39 is 6.23 Å². The second-order valence-electron chi connectivity index (χ2n) is 7.09. The van der Waals surface area contributed by atoms with Crippen molar-refractivity contribution >= 4 is 23.0 Å². The van der Waals surface area contributed by atoms with Gasteiger partial charge >= 0.3 is 5.97 Å². The van der Waals surface area contributed by atoms with Crippen LogP contribution in [0.3, 0.4) is 0 Å². The summed E-state index contributed by atoms with van der Waals surface area (Å²) in [5, 5.41) is 9.02. The van der Waals surface area contributed by atoms with Gasteiger partial charge in [0.1, 0.15) is 0 Å². The van der Waals surface area contributed by atoms with Crippen molar-refractivity contribution in [2.45, 2.75) is 18.7 Å². The Hall–Kier alpha value is -3.32. The number of hydrogen-bond donors (Lipinski definition) is 0. The van der Waals surface area contributed by atoms with Crippen LogP contribution >= 0.6 is 11.3 Å². The van der Waals surface area contributed by atoms with Crippen LogP contribution in [-0.4, -0.2) is 30.9 Å². The number of nitrogens with zero attached hydrogens (tertiary/aromatic N) is 2. The Morgan fingerprint density at radius 3 is 2.67 bits per heavy atom. The van der Waals surface area contributed by atoms with Crippen molar-refractivity contribution in [3.05, 3.63) is 81.5 Å². The lowest BCUT2D eigenvalue weighted by atomic mass is 9.97. The number of hydrazone groups is 1. The van der Waals surface area contributed by atoms with E-state index in [-0.39, 0.29) is 12.0 Å². The number of ether oxygens (including phenoxy) is 3. The molecule has 0 amide bonds. The van der Waals surface area contributed by atoms with Gasteiger partial charge in [0, 0.05) is 17.5 Å². The Bertz CT molecular complexity index is 1110. The van der Waals surface area contributed by atoms with Crippen molar-refractivity contribution in [2.24, 2.45) is 5.10 Å². The molecule has 7 heteroatoms. The van der Waals surface area contributed by atoms with Crippen LogP contribution in [0.4, 0.5) is 0 Å². The molecule has 152 valence electrons. The smallest absolute Gasteiger partial charge is 0.337 e. The van der Waals surface area contributed by atoms with Crippen LogP contribution in [-0.2, 0) is 4.74 Å². The quantitative estimate of drug-likeness (QED) is 0.568. The first-order chi connectivity index (χ1) is 14.7. The van der Waals surface area contributed by atoms with Crippen molar-refractivity contribution in [2.75, 3.05) is 14.2 Å². The normalized spacial score (nSPS) is 19.4. The Morgan fingerprint density at radius 2 is 1.97 bits per heavy atom. The van der Waals surface area contributed by atoms with Gasteiger partial charge in [-0.15, -0.1) is 11.3 Å². The average molecular weight is 420 g/mol. The van der Waals surface area contributed by atoms with Crippen LogP contribution in [0.5, 0.6) is 11.5 Å². The van der Waals surface area contributed by atoms with Crippen molar-refractivity contribution in [3.63, 3.8) is 0 Å². The molecule has 3 heterocycles. The zero-order valence-electron chi connectivity index (χ0n) is 16.6. The van der Waals surface area contributed by atoms with Crippen molar-refractivity contribution in [1.82, 2.24) is 5.01 Å². The Labute approximate surface area is 178 Å². The topological polar surface area (TPSA) is 60.4 Å². The van der Waals surface area contributed by atoms with E-state index in [2.05, 4.69) is 17.5 Å². The maximum atomic E-state index is 11.8. The molecule has 30 heavy (non-hydrogen) atoms. The molecule has 2 atom stereocenters. The monoisotopic (exact) mass is 420 g/mol. The largest absolute Gasteiger partial charge is 0.493 e. The van der Waals surface area contributed by atoms with Crippen LogP contribution in [0.1, 0.15) is 45.1 Å². The van der Waals surface area contributed by atoms with Gasteiger partial charge in [0.2, 0.25) is 6.23 Å². The molecule has 6 nitrogen and oxygen atoms in total. The molecule has 0 aliphatic carbocycles. The van der Waals surface area contributed by atoms with Crippen LogP contribution in [0, 0.1) is 0 Å². The van der Waals surface area contributed by atoms with E-state index in [4.69, 9.17) is 19.3 Å². The number of benzene rings is 2. The van der Waals surface area contributed by atoms with Gasteiger partial charge in [0.15, 0.2) is 11.5 Å². The highest BCUT2D eigenvalue weighted by Crippen LogP contribution is 2.50. The van der Waals surface area contributed by atoms with Crippen LogP contribution < -0.4 is 9.47 Å². The summed E-state index contributed by atoms with van der Waals surface area (Å²) in [7, 11) is 3.02. The molecule has 1 aromatic heterocycles. The molecule has 0 spiro atoms. The van der Waals surface area contributed by atoms with E-state index in [9.17, 15) is 4.79 Å². The average Bonchev–Trinajstić information content (AvgIpc) is 3.47. The van der Waals surface area contributed by atoms with E-state index in [1.807, 2.05) is 35.3 Å². The number of rotatable bonds is 4. The molecule has 0 radical (unpaired) electrons. The summed E-state index contributed by atoms with van der Waals surface area (Å²) < 4.78 is 16.8. The number of para-hydroxylation sites is 1. The van der Waals surface area contributed by atoms with Gasteiger partial charge < -0.3 is 14.2 Å². The van der Waals surface area contributed by atoms with Gasteiger partial charge in [-0.05, 0) is 29.6 Å². The minimum absolute atomic E-state index is 0.0474. The van der Waals surface area contributed by atoms with Crippen molar-refractivity contribution in [3.8, 4) is 11.5 Å². The number of fused-ring (bicyclic) bond motifs is 3. The highest BCUT2D eigenvalue weighted by atomic mass is 32.1.